The first-order chi connectivity index (χ1) is 5.75. The second kappa shape index (κ2) is 2.67. The molecular formula is C7H5BrN4. The van der Waals surface area contributed by atoms with E-state index in [2.05, 4.69) is 30.9 Å². The highest BCUT2D eigenvalue weighted by molar-refractivity contribution is 9.10. The minimum atomic E-state index is 0.270. The van der Waals surface area contributed by atoms with E-state index in [4.69, 9.17) is 5.73 Å². The van der Waals surface area contributed by atoms with Gasteiger partial charge in [0.1, 0.15) is 4.60 Å². The van der Waals surface area contributed by atoms with Gasteiger partial charge in [0.25, 0.3) is 0 Å². The van der Waals surface area contributed by atoms with Crippen molar-refractivity contribution in [2.75, 3.05) is 5.73 Å². The monoisotopic (exact) mass is 224 g/mol. The molecule has 0 aliphatic carbocycles. The summed E-state index contributed by atoms with van der Waals surface area (Å²) in [5.74, 6) is 0.270. The predicted octanol–water partition coefficient (Wildman–Crippen LogP) is 1.37. The number of fused-ring (bicyclic) bond motifs is 1. The molecule has 0 unspecified atom stereocenters. The van der Waals surface area contributed by atoms with E-state index in [0.29, 0.717) is 0 Å². The summed E-state index contributed by atoms with van der Waals surface area (Å²) in [6.45, 7) is 0. The molecule has 12 heavy (non-hydrogen) atoms. The van der Waals surface area contributed by atoms with Crippen molar-refractivity contribution >= 4 is 32.8 Å². The highest BCUT2D eigenvalue weighted by Crippen LogP contribution is 2.14. The lowest BCUT2D eigenvalue weighted by Gasteiger charge is -1.96. The maximum atomic E-state index is 5.40. The molecule has 2 N–H and O–H groups in total. The van der Waals surface area contributed by atoms with Gasteiger partial charge in [0.05, 0.1) is 11.7 Å². The molecule has 0 aliphatic heterocycles. The number of aromatic nitrogens is 3. The van der Waals surface area contributed by atoms with Crippen LogP contribution in [0.5, 0.6) is 0 Å². The summed E-state index contributed by atoms with van der Waals surface area (Å²) >= 11 is 3.25. The number of hydrogen-bond acceptors (Lipinski definition) is 4. The quantitative estimate of drug-likeness (QED) is 0.687. The second-order valence-electron chi connectivity index (χ2n) is 2.29. The van der Waals surface area contributed by atoms with Gasteiger partial charge in [0.2, 0.25) is 5.95 Å². The summed E-state index contributed by atoms with van der Waals surface area (Å²) in [6.07, 6.45) is 3.32. The SMILES string of the molecule is Nc1ncc2cc(Br)ncc2n1. The average Bonchev–Trinajstić information content (AvgIpc) is 2.05. The van der Waals surface area contributed by atoms with Crippen molar-refractivity contribution in [3.63, 3.8) is 0 Å². The molecule has 4 nitrogen and oxygen atoms in total. The molecule has 0 atom stereocenters. The Kier molecular flexibility index (Phi) is 1.65. The Balaban J connectivity index is 2.79. The molecule has 0 radical (unpaired) electrons. The maximum absolute atomic E-state index is 5.40. The summed E-state index contributed by atoms with van der Waals surface area (Å²) in [5.41, 5.74) is 6.16. The van der Waals surface area contributed by atoms with Gasteiger partial charge in [-0.3, -0.25) is 0 Å². The van der Waals surface area contributed by atoms with Crippen LogP contribution in [0.2, 0.25) is 0 Å². The molecule has 0 fully saturated rings. The zero-order valence-electron chi connectivity index (χ0n) is 6.03. The van der Waals surface area contributed by atoms with Gasteiger partial charge in [0, 0.05) is 11.6 Å². The van der Waals surface area contributed by atoms with Gasteiger partial charge in [-0.1, -0.05) is 0 Å². The molecule has 0 bridgehead atoms. The topological polar surface area (TPSA) is 64.7 Å². The highest BCUT2D eigenvalue weighted by Gasteiger charge is 1.97. The number of nitrogen functional groups attached to an aromatic ring is 1. The largest absolute Gasteiger partial charge is 0.368 e. The van der Waals surface area contributed by atoms with Gasteiger partial charge in [-0.2, -0.15) is 0 Å². The number of pyridine rings is 1. The predicted molar refractivity (Wildman–Crippen MR) is 49.4 cm³/mol. The Bertz CT molecular complexity index is 387. The van der Waals surface area contributed by atoms with Gasteiger partial charge >= 0.3 is 0 Å². The van der Waals surface area contributed by atoms with Crippen LogP contribution < -0.4 is 5.73 Å². The molecule has 2 heterocycles. The lowest BCUT2D eigenvalue weighted by Crippen LogP contribution is -1.94. The second-order valence-corrected chi connectivity index (χ2v) is 3.11. The van der Waals surface area contributed by atoms with Gasteiger partial charge in [-0.15, -0.1) is 0 Å². The molecule has 0 aromatic carbocycles. The molecule has 2 aromatic heterocycles. The van der Waals surface area contributed by atoms with Crippen LogP contribution in [0.25, 0.3) is 10.9 Å². The first-order valence-corrected chi connectivity index (χ1v) is 4.09. The molecular weight excluding hydrogens is 220 g/mol. The molecule has 2 rings (SSSR count). The van der Waals surface area contributed by atoms with Crippen LogP contribution in [0.3, 0.4) is 0 Å². The van der Waals surface area contributed by atoms with Crippen LogP contribution in [-0.4, -0.2) is 15.0 Å². The van der Waals surface area contributed by atoms with Crippen molar-refractivity contribution in [1.82, 2.24) is 15.0 Å². The molecule has 2 aromatic rings. The van der Waals surface area contributed by atoms with Crippen molar-refractivity contribution < 1.29 is 0 Å². The van der Waals surface area contributed by atoms with Gasteiger partial charge in [-0.25, -0.2) is 15.0 Å². The van der Waals surface area contributed by atoms with E-state index in [1.807, 2.05) is 6.07 Å². The number of halogens is 1. The summed E-state index contributed by atoms with van der Waals surface area (Å²) in [7, 11) is 0. The fourth-order valence-corrected chi connectivity index (χ4v) is 1.27. The number of hydrogen-bond donors (Lipinski definition) is 1. The fourth-order valence-electron chi connectivity index (χ4n) is 0.922. The highest BCUT2D eigenvalue weighted by atomic mass is 79.9. The van der Waals surface area contributed by atoms with Crippen molar-refractivity contribution in [2.24, 2.45) is 0 Å². The summed E-state index contributed by atoms with van der Waals surface area (Å²) in [4.78, 5) is 11.9. The Hall–Kier alpha value is -1.23. The van der Waals surface area contributed by atoms with Crippen molar-refractivity contribution in [3.8, 4) is 0 Å². The number of anilines is 1. The molecule has 0 spiro atoms. The zero-order chi connectivity index (χ0) is 8.55. The third-order valence-electron chi connectivity index (χ3n) is 1.45. The lowest BCUT2D eigenvalue weighted by molar-refractivity contribution is 1.21. The van der Waals surface area contributed by atoms with Crippen LogP contribution in [0, 0.1) is 0 Å². The van der Waals surface area contributed by atoms with Gasteiger partial charge in [-0.05, 0) is 22.0 Å². The normalized spacial score (nSPS) is 10.4. The average molecular weight is 225 g/mol. The Labute approximate surface area is 77.0 Å². The summed E-state index contributed by atoms with van der Waals surface area (Å²) in [5, 5.41) is 0.922. The fraction of sp³-hybridized carbons (Fsp3) is 0. The number of nitrogens with two attached hydrogens (primary N) is 1. The van der Waals surface area contributed by atoms with E-state index in [-0.39, 0.29) is 5.95 Å². The van der Waals surface area contributed by atoms with Crippen molar-refractivity contribution in [1.29, 1.82) is 0 Å². The Morgan fingerprint density at radius 3 is 2.92 bits per heavy atom. The molecule has 0 saturated carbocycles. The Morgan fingerprint density at radius 2 is 2.08 bits per heavy atom. The summed E-state index contributed by atoms with van der Waals surface area (Å²) in [6, 6.07) is 1.84. The van der Waals surface area contributed by atoms with E-state index in [9.17, 15) is 0 Å². The van der Waals surface area contributed by atoms with E-state index in [0.717, 1.165) is 15.5 Å². The molecule has 60 valence electrons. The zero-order valence-corrected chi connectivity index (χ0v) is 7.62. The molecule has 5 heteroatoms. The smallest absolute Gasteiger partial charge is 0.220 e. The van der Waals surface area contributed by atoms with Crippen molar-refractivity contribution in [3.05, 3.63) is 23.1 Å². The molecule has 0 amide bonds. The van der Waals surface area contributed by atoms with Crippen molar-refractivity contribution in [2.45, 2.75) is 0 Å². The number of rotatable bonds is 0. The molecule has 0 aliphatic rings. The van der Waals surface area contributed by atoms with Gasteiger partial charge < -0.3 is 5.73 Å². The van der Waals surface area contributed by atoms with Gasteiger partial charge in [0.15, 0.2) is 0 Å². The standard InChI is InChI=1S/C7H5BrN4/c8-6-1-4-2-11-7(9)12-5(4)3-10-6/h1-3H,(H2,9,11,12). The van der Waals surface area contributed by atoms with Crippen LogP contribution >= 0.6 is 15.9 Å². The van der Waals surface area contributed by atoms with Crippen LogP contribution in [0.1, 0.15) is 0 Å². The van der Waals surface area contributed by atoms with E-state index >= 15 is 0 Å². The third kappa shape index (κ3) is 1.23. The van der Waals surface area contributed by atoms with Crippen LogP contribution in [-0.2, 0) is 0 Å². The third-order valence-corrected chi connectivity index (χ3v) is 1.89. The summed E-state index contributed by atoms with van der Waals surface area (Å²) < 4.78 is 0.767. The van der Waals surface area contributed by atoms with E-state index < -0.39 is 0 Å². The van der Waals surface area contributed by atoms with E-state index in [1.54, 1.807) is 12.4 Å². The van der Waals surface area contributed by atoms with Crippen LogP contribution in [0.15, 0.2) is 23.1 Å². The Morgan fingerprint density at radius 1 is 1.25 bits per heavy atom. The maximum Gasteiger partial charge on any atom is 0.220 e. The molecule has 0 saturated heterocycles. The lowest BCUT2D eigenvalue weighted by atomic mass is 10.3. The minimum Gasteiger partial charge on any atom is -0.368 e. The van der Waals surface area contributed by atoms with Crippen LogP contribution in [0.4, 0.5) is 5.95 Å². The minimum absolute atomic E-state index is 0.270. The number of nitrogens with zero attached hydrogens (tertiary/aromatic N) is 3. The first kappa shape index (κ1) is 7.42. The van der Waals surface area contributed by atoms with E-state index in [1.165, 1.54) is 0 Å². The first-order valence-electron chi connectivity index (χ1n) is 3.29.